The zero-order valence-corrected chi connectivity index (χ0v) is 24.3. The fourth-order valence-corrected chi connectivity index (χ4v) is 5.74. The molecule has 0 unspecified atom stereocenters. The maximum absolute atomic E-state index is 13.9. The van der Waals surface area contributed by atoms with E-state index in [1.807, 2.05) is 56.3 Å². The molecule has 2 aromatic rings. The Morgan fingerprint density at radius 2 is 1.68 bits per heavy atom. The Morgan fingerprint density at radius 3 is 2.27 bits per heavy atom. The Kier molecular flexibility index (Phi) is 10.0. The number of fused-ring (bicyclic) bond motifs is 1. The Balaban J connectivity index is 1.61. The highest BCUT2D eigenvalue weighted by Crippen LogP contribution is 2.35. The molecule has 4 amide bonds. The molecule has 1 saturated heterocycles. The van der Waals surface area contributed by atoms with Gasteiger partial charge < -0.3 is 10.2 Å². The van der Waals surface area contributed by atoms with Gasteiger partial charge in [0, 0.05) is 42.0 Å². The Labute approximate surface area is 245 Å². The van der Waals surface area contributed by atoms with Crippen LogP contribution in [0.1, 0.15) is 50.7 Å². The van der Waals surface area contributed by atoms with Crippen LogP contribution in [0.3, 0.4) is 0 Å². The van der Waals surface area contributed by atoms with E-state index < -0.39 is 6.04 Å². The highest BCUT2D eigenvalue weighted by atomic mass is 35.5. The monoisotopic (exact) mass is 583 g/mol. The molecule has 4 rings (SSSR count). The number of carbonyl (C=O) groups excluding carboxylic acids is 4. The molecule has 1 aliphatic carbocycles. The molecule has 1 N–H and O–H groups in total. The topological polar surface area (TPSA) is 86.8 Å². The van der Waals surface area contributed by atoms with Gasteiger partial charge in [0.05, 0.1) is 11.8 Å². The fraction of sp³-hybridized carbons (Fsp3) is 0.419. The summed E-state index contributed by atoms with van der Waals surface area (Å²) < 4.78 is 0. The summed E-state index contributed by atoms with van der Waals surface area (Å²) >= 11 is 12.6. The molecule has 4 atom stereocenters. The van der Waals surface area contributed by atoms with Gasteiger partial charge in [0.15, 0.2) is 0 Å². The molecule has 2 aromatic carbocycles. The van der Waals surface area contributed by atoms with Crippen molar-refractivity contribution in [3.63, 3.8) is 0 Å². The molecule has 1 aliphatic heterocycles. The zero-order valence-electron chi connectivity index (χ0n) is 22.8. The van der Waals surface area contributed by atoms with Gasteiger partial charge in [0.1, 0.15) is 6.04 Å². The summed E-state index contributed by atoms with van der Waals surface area (Å²) in [6.45, 7) is 3.93. The van der Waals surface area contributed by atoms with E-state index in [0.29, 0.717) is 28.5 Å². The molecule has 1 heterocycles. The molecular formula is C31H35Cl2N3O4. The lowest BCUT2D eigenvalue weighted by atomic mass is 9.85. The van der Waals surface area contributed by atoms with Gasteiger partial charge in [-0.25, -0.2) is 0 Å². The summed E-state index contributed by atoms with van der Waals surface area (Å²) in [5, 5.41) is 3.87. The third-order valence-corrected chi connectivity index (χ3v) is 8.36. The third-order valence-electron chi connectivity index (χ3n) is 7.78. The van der Waals surface area contributed by atoms with Crippen LogP contribution in [0, 0.1) is 11.8 Å². The smallest absolute Gasteiger partial charge is 0.243 e. The minimum atomic E-state index is -0.840. The van der Waals surface area contributed by atoms with E-state index in [1.54, 1.807) is 18.2 Å². The summed E-state index contributed by atoms with van der Waals surface area (Å²) in [5.41, 5.74) is 1.53. The maximum atomic E-state index is 13.9. The van der Waals surface area contributed by atoms with E-state index in [-0.39, 0.29) is 67.4 Å². The first kappa shape index (κ1) is 29.8. The number of nitrogens with zero attached hydrogens (tertiary/aromatic N) is 2. The van der Waals surface area contributed by atoms with Crippen molar-refractivity contribution in [2.75, 3.05) is 6.54 Å². The predicted octanol–water partition coefficient (Wildman–Crippen LogP) is 5.19. The number of hydrogen-bond acceptors (Lipinski definition) is 4. The summed E-state index contributed by atoms with van der Waals surface area (Å²) in [5.74, 6) is -1.79. The first-order valence-electron chi connectivity index (χ1n) is 13.8. The molecular weight excluding hydrogens is 549 g/mol. The molecule has 0 bridgehead atoms. The molecule has 0 spiro atoms. The third kappa shape index (κ3) is 6.94. The van der Waals surface area contributed by atoms with Crippen molar-refractivity contribution in [2.45, 2.75) is 64.6 Å². The second-order valence-electron chi connectivity index (χ2n) is 10.5. The van der Waals surface area contributed by atoms with Crippen molar-refractivity contribution >= 4 is 46.8 Å². The van der Waals surface area contributed by atoms with Crippen molar-refractivity contribution in [2.24, 2.45) is 11.8 Å². The molecule has 2 aliphatic rings. The van der Waals surface area contributed by atoms with E-state index in [0.717, 1.165) is 12.0 Å². The first-order valence-corrected chi connectivity index (χ1v) is 14.5. The van der Waals surface area contributed by atoms with Crippen molar-refractivity contribution in [1.29, 1.82) is 0 Å². The standard InChI is InChI=1S/C31H35Cl2N3O4/c1-3-20(2)34-29(38)27(17-21-9-5-4-6-10-21)36(19-22-13-14-23(32)18-26(22)33)28(37)15-16-35-30(39)24-11-7-8-12-25(24)31(35)40/h4-10,13-14,18,20,24-25,27H,3,11-12,15-17,19H2,1-2H3,(H,34,38)/t20-,24-,25+,27-/m1/s1. The minimum absolute atomic E-state index is 0.0284. The van der Waals surface area contributed by atoms with Gasteiger partial charge in [-0.15, -0.1) is 0 Å². The molecule has 9 heteroatoms. The predicted molar refractivity (Wildman–Crippen MR) is 156 cm³/mol. The van der Waals surface area contributed by atoms with Crippen LogP contribution in [0.5, 0.6) is 0 Å². The number of nitrogens with one attached hydrogen (secondary N) is 1. The second kappa shape index (κ2) is 13.5. The van der Waals surface area contributed by atoms with E-state index in [1.165, 1.54) is 9.80 Å². The van der Waals surface area contributed by atoms with Crippen LogP contribution in [-0.4, -0.2) is 52.1 Å². The number of carbonyl (C=O) groups is 4. The average molecular weight is 585 g/mol. The summed E-state index contributed by atoms with van der Waals surface area (Å²) in [7, 11) is 0. The fourth-order valence-electron chi connectivity index (χ4n) is 5.27. The van der Waals surface area contributed by atoms with Gasteiger partial charge in [-0.3, -0.25) is 24.1 Å². The first-order chi connectivity index (χ1) is 19.2. The normalized spacial score (nSPS) is 19.8. The molecule has 40 heavy (non-hydrogen) atoms. The Hall–Kier alpha value is -3.16. The van der Waals surface area contributed by atoms with Crippen LogP contribution in [0.15, 0.2) is 60.7 Å². The number of hydrogen-bond donors (Lipinski definition) is 1. The number of allylic oxidation sites excluding steroid dienone is 2. The van der Waals surface area contributed by atoms with E-state index in [9.17, 15) is 19.2 Å². The number of amides is 4. The molecule has 0 aromatic heterocycles. The zero-order chi connectivity index (χ0) is 28.8. The van der Waals surface area contributed by atoms with Gasteiger partial charge >= 0.3 is 0 Å². The van der Waals surface area contributed by atoms with E-state index in [4.69, 9.17) is 23.2 Å². The van der Waals surface area contributed by atoms with Gasteiger partial charge in [-0.2, -0.15) is 0 Å². The van der Waals surface area contributed by atoms with Crippen LogP contribution < -0.4 is 5.32 Å². The van der Waals surface area contributed by atoms with E-state index in [2.05, 4.69) is 5.32 Å². The number of benzene rings is 2. The number of rotatable bonds is 11. The number of imide groups is 1. The summed E-state index contributed by atoms with van der Waals surface area (Å²) in [4.78, 5) is 56.3. The lowest BCUT2D eigenvalue weighted by Crippen LogP contribution is -2.52. The maximum Gasteiger partial charge on any atom is 0.243 e. The van der Waals surface area contributed by atoms with Crippen molar-refractivity contribution < 1.29 is 19.2 Å². The second-order valence-corrected chi connectivity index (χ2v) is 11.4. The average Bonchev–Trinajstić information content (AvgIpc) is 3.19. The molecule has 0 radical (unpaired) electrons. The van der Waals surface area contributed by atoms with Gasteiger partial charge in [0.2, 0.25) is 23.6 Å². The summed E-state index contributed by atoms with van der Waals surface area (Å²) in [6, 6.07) is 13.6. The van der Waals surface area contributed by atoms with Crippen molar-refractivity contribution in [3.8, 4) is 0 Å². The quantitative estimate of drug-likeness (QED) is 0.291. The van der Waals surface area contributed by atoms with Gasteiger partial charge in [0.25, 0.3) is 0 Å². The van der Waals surface area contributed by atoms with E-state index >= 15 is 0 Å². The SMILES string of the molecule is CC[C@@H](C)NC(=O)[C@@H](Cc1ccccc1)N(Cc1ccc(Cl)cc1Cl)C(=O)CCN1C(=O)[C@H]2CC=CC[C@H]2C1=O. The van der Waals surface area contributed by atoms with Gasteiger partial charge in [-0.05, 0) is 49.4 Å². The molecule has 7 nitrogen and oxygen atoms in total. The lowest BCUT2D eigenvalue weighted by molar-refractivity contribution is -0.144. The highest BCUT2D eigenvalue weighted by molar-refractivity contribution is 6.35. The highest BCUT2D eigenvalue weighted by Gasteiger charge is 2.47. The Bertz CT molecular complexity index is 1260. The lowest BCUT2D eigenvalue weighted by Gasteiger charge is -2.33. The van der Waals surface area contributed by atoms with Crippen molar-refractivity contribution in [1.82, 2.24) is 15.1 Å². The van der Waals surface area contributed by atoms with Crippen LogP contribution in [0.2, 0.25) is 10.0 Å². The molecule has 0 saturated carbocycles. The van der Waals surface area contributed by atoms with Gasteiger partial charge in [-0.1, -0.05) is 78.7 Å². The number of halogens is 2. The Morgan fingerprint density at radius 1 is 1.02 bits per heavy atom. The number of likely N-dealkylation sites (tertiary alicyclic amines) is 1. The van der Waals surface area contributed by atoms with Crippen LogP contribution in [0.4, 0.5) is 0 Å². The molecule has 1 fully saturated rings. The van der Waals surface area contributed by atoms with Crippen LogP contribution in [0.25, 0.3) is 0 Å². The summed E-state index contributed by atoms with van der Waals surface area (Å²) in [6.07, 6.45) is 5.86. The molecule has 212 valence electrons. The van der Waals surface area contributed by atoms with Crippen LogP contribution >= 0.6 is 23.2 Å². The largest absolute Gasteiger partial charge is 0.352 e. The van der Waals surface area contributed by atoms with Crippen molar-refractivity contribution in [3.05, 3.63) is 81.9 Å². The minimum Gasteiger partial charge on any atom is -0.352 e. The van der Waals surface area contributed by atoms with Crippen LogP contribution in [-0.2, 0) is 32.1 Å².